The van der Waals surface area contributed by atoms with Crippen LogP contribution in [-0.4, -0.2) is 51.8 Å². The molecule has 0 aromatic heterocycles. The van der Waals surface area contributed by atoms with E-state index in [2.05, 4.69) is 21.6 Å². The fourth-order valence-electron chi connectivity index (χ4n) is 2.01. The van der Waals surface area contributed by atoms with Gasteiger partial charge in [0.15, 0.2) is 24.1 Å². The van der Waals surface area contributed by atoms with E-state index in [9.17, 15) is 19.0 Å². The molecule has 1 saturated heterocycles. The zero-order chi connectivity index (χ0) is 15.8. The van der Waals surface area contributed by atoms with Gasteiger partial charge in [0.05, 0.1) is 6.61 Å². The number of rotatable bonds is 3. The summed E-state index contributed by atoms with van der Waals surface area (Å²) in [5, 5.41) is 22.1. The molecule has 21 heavy (non-hydrogen) atoms. The minimum Gasteiger partial charge on any atom is -0.393 e. The third-order valence-corrected chi connectivity index (χ3v) is 3.12. The number of aliphatic hydroxyl groups is 2. The number of aliphatic hydroxyl groups excluding tert-OH is 2. The summed E-state index contributed by atoms with van der Waals surface area (Å²) in [6.45, 7) is 2.49. The summed E-state index contributed by atoms with van der Waals surface area (Å²) in [5.74, 6) is -1.52. The molecule has 11 heteroatoms. The Morgan fingerprint density at radius 3 is 2.95 bits per heavy atom. The molecule has 2 rings (SSSR count). The van der Waals surface area contributed by atoms with Gasteiger partial charge < -0.3 is 25.6 Å². The van der Waals surface area contributed by atoms with Crippen molar-refractivity contribution in [3.63, 3.8) is 0 Å². The maximum absolute atomic E-state index is 14.2. The second kappa shape index (κ2) is 5.30. The van der Waals surface area contributed by atoms with Gasteiger partial charge in [-0.2, -0.15) is 0 Å². The first-order valence-corrected chi connectivity index (χ1v) is 5.72. The Balaban J connectivity index is 2.35. The molecule has 4 N–H and O–H groups in total. The Morgan fingerprint density at radius 1 is 1.71 bits per heavy atom. The van der Waals surface area contributed by atoms with Crippen LogP contribution in [0.25, 0.3) is 10.4 Å². The van der Waals surface area contributed by atoms with Crippen LogP contribution in [0.1, 0.15) is 0 Å². The molecule has 2 aliphatic heterocycles. The highest BCUT2D eigenvalue weighted by Crippen LogP contribution is 2.38. The van der Waals surface area contributed by atoms with E-state index < -0.39 is 42.5 Å². The lowest BCUT2D eigenvalue weighted by Crippen LogP contribution is -2.43. The minimum atomic E-state index is -2.21. The van der Waals surface area contributed by atoms with Gasteiger partial charge in [0.1, 0.15) is 11.9 Å². The molecule has 0 spiro atoms. The molecule has 0 saturated carbocycles. The Morgan fingerprint density at radius 2 is 2.38 bits per heavy atom. The number of amidine groups is 1. The van der Waals surface area contributed by atoms with E-state index in [0.29, 0.717) is 0 Å². The van der Waals surface area contributed by atoms with Gasteiger partial charge in [-0.1, -0.05) is 11.7 Å². The Kier molecular flexibility index (Phi) is 3.83. The molecule has 2 aliphatic rings. The van der Waals surface area contributed by atoms with Crippen LogP contribution < -0.4 is 5.73 Å². The van der Waals surface area contributed by atoms with Crippen molar-refractivity contribution in [3.8, 4) is 0 Å². The monoisotopic (exact) mass is 302 g/mol. The smallest absolute Gasteiger partial charge is 0.201 e. The molecule has 0 aromatic carbocycles. The number of ether oxygens (including phenoxy) is 1. The van der Waals surface area contributed by atoms with Crippen LogP contribution in [-0.2, 0) is 4.74 Å². The molecule has 0 aliphatic carbocycles. The molecule has 2 heterocycles. The first-order valence-electron chi connectivity index (χ1n) is 5.72. The van der Waals surface area contributed by atoms with Crippen LogP contribution in [0.5, 0.6) is 0 Å². The Labute approximate surface area is 117 Å². The molecule has 4 atom stereocenters. The molecule has 0 aromatic rings. The molecule has 0 bridgehead atoms. The Hall–Kier alpha value is -2.20. The van der Waals surface area contributed by atoms with E-state index in [4.69, 9.17) is 16.0 Å². The van der Waals surface area contributed by atoms with Gasteiger partial charge in [0, 0.05) is 11.1 Å². The zero-order valence-electron chi connectivity index (χ0n) is 10.6. The number of hydrogen-bond acceptors (Lipinski definition) is 7. The highest BCUT2D eigenvalue weighted by Gasteiger charge is 2.57. The molecule has 0 radical (unpaired) electrons. The molecule has 0 amide bonds. The maximum Gasteiger partial charge on any atom is 0.201 e. The average Bonchev–Trinajstić information content (AvgIpc) is 2.69. The van der Waals surface area contributed by atoms with Crippen LogP contribution in [0.3, 0.4) is 0 Å². The van der Waals surface area contributed by atoms with Crippen molar-refractivity contribution >= 4 is 5.84 Å². The summed E-state index contributed by atoms with van der Waals surface area (Å²) in [5.41, 5.74) is 11.5. The van der Waals surface area contributed by atoms with E-state index in [1.54, 1.807) is 0 Å². The fourth-order valence-corrected chi connectivity index (χ4v) is 2.01. The molecule has 114 valence electrons. The molecule has 9 nitrogen and oxygen atoms in total. The summed E-state index contributed by atoms with van der Waals surface area (Å²) in [6.07, 6.45) is -4.86. The first kappa shape index (κ1) is 15.2. The van der Waals surface area contributed by atoms with Crippen LogP contribution in [0, 0.1) is 0 Å². The standard InChI is InChI=1S/C10H12F2N6O3/c1-4-15-8(13)5(11)2-18(4)9-6(12)7(20)10(3-19,21-9)16-17-14/h2,6-7,9,19-20H,1,3H2,(H2,13,15)/t6?,7-,9-,10-/m1/s1. The van der Waals surface area contributed by atoms with E-state index in [1.165, 1.54) is 0 Å². The van der Waals surface area contributed by atoms with E-state index >= 15 is 0 Å². The van der Waals surface area contributed by atoms with Gasteiger partial charge in [-0.15, -0.1) is 0 Å². The van der Waals surface area contributed by atoms with Crippen molar-refractivity contribution < 1.29 is 23.7 Å². The molecule has 1 fully saturated rings. The van der Waals surface area contributed by atoms with Crippen LogP contribution in [0.4, 0.5) is 8.78 Å². The number of nitrogens with zero attached hydrogens (tertiary/aromatic N) is 5. The van der Waals surface area contributed by atoms with Crippen molar-refractivity contribution in [1.29, 1.82) is 0 Å². The number of halogens is 2. The topological polar surface area (TPSA) is 140 Å². The van der Waals surface area contributed by atoms with Crippen molar-refractivity contribution in [3.05, 3.63) is 34.9 Å². The lowest BCUT2D eigenvalue weighted by Gasteiger charge is -2.30. The van der Waals surface area contributed by atoms with Gasteiger partial charge in [-0.25, -0.2) is 13.8 Å². The highest BCUT2D eigenvalue weighted by molar-refractivity contribution is 5.96. The lowest BCUT2D eigenvalue weighted by atomic mass is 10.1. The summed E-state index contributed by atoms with van der Waals surface area (Å²) in [7, 11) is 0. The first-order chi connectivity index (χ1) is 9.86. The van der Waals surface area contributed by atoms with Gasteiger partial charge in [-0.3, -0.25) is 0 Å². The summed E-state index contributed by atoms with van der Waals surface area (Å²) >= 11 is 0. The summed E-state index contributed by atoms with van der Waals surface area (Å²) in [4.78, 5) is 6.81. The molecular formula is C10H12F2N6O3. The second-order valence-electron chi connectivity index (χ2n) is 4.39. The fraction of sp³-hybridized carbons (Fsp3) is 0.500. The SMILES string of the molecule is C=C1N=C(N)C(F)=CN1[C@@H]1O[C@@](CO)(N=[N+]=[N-])[C@H](O)C1F. The number of nitrogens with two attached hydrogens (primary N) is 1. The van der Waals surface area contributed by atoms with E-state index in [1.807, 2.05) is 0 Å². The van der Waals surface area contributed by atoms with Gasteiger partial charge in [0.25, 0.3) is 0 Å². The third-order valence-electron chi connectivity index (χ3n) is 3.12. The Bertz CT molecular complexity index is 575. The van der Waals surface area contributed by atoms with Crippen molar-refractivity contribution in [2.45, 2.75) is 24.2 Å². The summed E-state index contributed by atoms with van der Waals surface area (Å²) < 4.78 is 32.7. The largest absolute Gasteiger partial charge is 0.393 e. The van der Waals surface area contributed by atoms with Crippen molar-refractivity contribution in [1.82, 2.24) is 4.90 Å². The normalized spacial score (nSPS) is 36.1. The quantitative estimate of drug-likeness (QED) is 0.382. The molecule has 1 unspecified atom stereocenters. The van der Waals surface area contributed by atoms with E-state index in [0.717, 1.165) is 11.1 Å². The van der Waals surface area contributed by atoms with Gasteiger partial charge >= 0.3 is 0 Å². The average molecular weight is 302 g/mol. The number of hydrogen-bond donors (Lipinski definition) is 3. The lowest BCUT2D eigenvalue weighted by molar-refractivity contribution is -0.130. The van der Waals surface area contributed by atoms with Crippen molar-refractivity contribution in [2.75, 3.05) is 6.61 Å². The maximum atomic E-state index is 14.2. The van der Waals surface area contributed by atoms with E-state index in [-0.39, 0.29) is 5.82 Å². The zero-order valence-corrected chi connectivity index (χ0v) is 10.6. The van der Waals surface area contributed by atoms with Gasteiger partial charge in [-0.05, 0) is 5.53 Å². The summed E-state index contributed by atoms with van der Waals surface area (Å²) in [6, 6.07) is 0. The second-order valence-corrected chi connectivity index (χ2v) is 4.39. The number of alkyl halides is 1. The number of aliphatic imine (C=N–C) groups is 1. The van der Waals surface area contributed by atoms with Crippen LogP contribution in [0.15, 0.2) is 34.5 Å². The highest BCUT2D eigenvalue weighted by atomic mass is 19.1. The van der Waals surface area contributed by atoms with Crippen LogP contribution >= 0.6 is 0 Å². The predicted molar refractivity (Wildman–Crippen MR) is 66.5 cm³/mol. The minimum absolute atomic E-state index is 0.136. The van der Waals surface area contributed by atoms with Gasteiger partial charge in [0.2, 0.25) is 5.72 Å². The van der Waals surface area contributed by atoms with Crippen molar-refractivity contribution in [2.24, 2.45) is 15.8 Å². The third kappa shape index (κ3) is 2.32. The number of azide groups is 1. The predicted octanol–water partition coefficient (Wildman–Crippen LogP) is -0.00450. The molecular weight excluding hydrogens is 290 g/mol. The van der Waals surface area contributed by atoms with Crippen LogP contribution in [0.2, 0.25) is 0 Å².